The first-order chi connectivity index (χ1) is 8.28. The Bertz CT molecular complexity index is 224. The Balaban J connectivity index is 2.08. The minimum Gasteiger partial charge on any atom is -0.379 e. The Labute approximate surface area is 106 Å². The molecule has 1 saturated heterocycles. The maximum atomic E-state index is 6.17. The zero-order valence-corrected chi connectivity index (χ0v) is 11.3. The molecule has 2 aliphatic rings. The minimum atomic E-state index is 0.267. The predicted octanol–water partition coefficient (Wildman–Crippen LogP) is 2.15. The van der Waals surface area contributed by atoms with E-state index in [0.717, 1.165) is 26.3 Å². The predicted molar refractivity (Wildman–Crippen MR) is 71.1 cm³/mol. The second-order valence-corrected chi connectivity index (χ2v) is 5.81. The molecule has 0 spiro atoms. The van der Waals surface area contributed by atoms with Crippen LogP contribution in [0.25, 0.3) is 0 Å². The van der Waals surface area contributed by atoms with Crippen LogP contribution in [0.5, 0.6) is 0 Å². The molecule has 0 amide bonds. The summed E-state index contributed by atoms with van der Waals surface area (Å²) >= 11 is 0. The number of nitrogens with two attached hydrogens (primary N) is 1. The molecule has 2 N–H and O–H groups in total. The fourth-order valence-corrected chi connectivity index (χ4v) is 3.60. The lowest BCUT2D eigenvalue weighted by molar-refractivity contribution is -0.0649. The Morgan fingerprint density at radius 3 is 2.41 bits per heavy atom. The van der Waals surface area contributed by atoms with E-state index in [1.165, 1.54) is 44.9 Å². The van der Waals surface area contributed by atoms with Crippen molar-refractivity contribution in [2.45, 2.75) is 63.5 Å². The van der Waals surface area contributed by atoms with Crippen molar-refractivity contribution in [2.75, 3.05) is 26.3 Å². The molecule has 100 valence electrons. The van der Waals surface area contributed by atoms with Crippen molar-refractivity contribution in [3.8, 4) is 0 Å². The summed E-state index contributed by atoms with van der Waals surface area (Å²) in [5, 5.41) is 0. The van der Waals surface area contributed by atoms with Gasteiger partial charge in [-0.1, -0.05) is 32.1 Å². The third-order valence-corrected chi connectivity index (χ3v) is 4.64. The van der Waals surface area contributed by atoms with E-state index in [9.17, 15) is 0 Å². The Kier molecular flexibility index (Phi) is 4.83. The van der Waals surface area contributed by atoms with E-state index >= 15 is 0 Å². The fourth-order valence-electron chi connectivity index (χ4n) is 3.60. The second kappa shape index (κ2) is 6.17. The summed E-state index contributed by atoms with van der Waals surface area (Å²) in [5.74, 6) is 0. The monoisotopic (exact) mass is 240 g/mol. The second-order valence-electron chi connectivity index (χ2n) is 5.81. The average molecular weight is 240 g/mol. The number of nitrogens with zero attached hydrogens (tertiary/aromatic N) is 1. The molecule has 17 heavy (non-hydrogen) atoms. The fraction of sp³-hybridized carbons (Fsp3) is 1.00. The van der Waals surface area contributed by atoms with Gasteiger partial charge in [0.25, 0.3) is 0 Å². The van der Waals surface area contributed by atoms with Gasteiger partial charge in [0.15, 0.2) is 0 Å². The van der Waals surface area contributed by atoms with Crippen LogP contribution in [0.4, 0.5) is 0 Å². The van der Waals surface area contributed by atoms with Gasteiger partial charge in [-0.25, -0.2) is 0 Å². The van der Waals surface area contributed by atoms with Gasteiger partial charge >= 0.3 is 0 Å². The summed E-state index contributed by atoms with van der Waals surface area (Å²) in [5.41, 5.74) is 6.44. The zero-order valence-electron chi connectivity index (χ0n) is 11.3. The van der Waals surface area contributed by atoms with E-state index in [-0.39, 0.29) is 5.54 Å². The van der Waals surface area contributed by atoms with Gasteiger partial charge in [0.2, 0.25) is 0 Å². The van der Waals surface area contributed by atoms with Crippen LogP contribution in [-0.2, 0) is 4.74 Å². The van der Waals surface area contributed by atoms with Crippen LogP contribution in [-0.4, -0.2) is 42.8 Å². The van der Waals surface area contributed by atoms with Crippen LogP contribution in [0, 0.1) is 0 Å². The molecule has 1 aliphatic carbocycles. The van der Waals surface area contributed by atoms with Gasteiger partial charge in [-0.05, 0) is 19.8 Å². The van der Waals surface area contributed by atoms with Gasteiger partial charge < -0.3 is 10.5 Å². The summed E-state index contributed by atoms with van der Waals surface area (Å²) in [6.45, 7) is 5.93. The van der Waals surface area contributed by atoms with Crippen LogP contribution in [0.1, 0.15) is 51.9 Å². The first-order valence-electron chi connectivity index (χ1n) is 7.33. The molecule has 0 bridgehead atoms. The normalized spacial score (nSPS) is 31.8. The van der Waals surface area contributed by atoms with Crippen molar-refractivity contribution < 1.29 is 4.74 Å². The lowest BCUT2D eigenvalue weighted by Gasteiger charge is -2.49. The Hall–Kier alpha value is -0.120. The highest BCUT2D eigenvalue weighted by Gasteiger charge is 2.38. The van der Waals surface area contributed by atoms with E-state index in [1.807, 2.05) is 0 Å². The molecule has 1 saturated carbocycles. The van der Waals surface area contributed by atoms with E-state index in [2.05, 4.69) is 11.8 Å². The number of morpholine rings is 1. The van der Waals surface area contributed by atoms with Crippen molar-refractivity contribution in [1.82, 2.24) is 4.90 Å². The molecule has 3 heteroatoms. The largest absolute Gasteiger partial charge is 0.379 e. The maximum Gasteiger partial charge on any atom is 0.0620 e. The molecule has 0 radical (unpaired) electrons. The lowest BCUT2D eigenvalue weighted by Crippen LogP contribution is -2.61. The van der Waals surface area contributed by atoms with Crippen molar-refractivity contribution >= 4 is 0 Å². The SMILES string of the molecule is CC1COCCN1C1(CN)CCCCCCC1. The van der Waals surface area contributed by atoms with Crippen LogP contribution in [0.2, 0.25) is 0 Å². The molecule has 3 nitrogen and oxygen atoms in total. The van der Waals surface area contributed by atoms with E-state index < -0.39 is 0 Å². The van der Waals surface area contributed by atoms with Crippen molar-refractivity contribution in [3.05, 3.63) is 0 Å². The average Bonchev–Trinajstić information content (AvgIpc) is 2.31. The summed E-state index contributed by atoms with van der Waals surface area (Å²) < 4.78 is 5.57. The first kappa shape index (κ1) is 13.3. The van der Waals surface area contributed by atoms with Crippen molar-refractivity contribution in [1.29, 1.82) is 0 Å². The van der Waals surface area contributed by atoms with Crippen LogP contribution < -0.4 is 5.73 Å². The van der Waals surface area contributed by atoms with Crippen LogP contribution >= 0.6 is 0 Å². The van der Waals surface area contributed by atoms with Gasteiger partial charge in [0.05, 0.1) is 13.2 Å². The third kappa shape index (κ3) is 3.01. The smallest absolute Gasteiger partial charge is 0.0620 e. The molecule has 1 heterocycles. The number of hydrogen-bond donors (Lipinski definition) is 1. The molecule has 1 aliphatic heterocycles. The third-order valence-electron chi connectivity index (χ3n) is 4.64. The van der Waals surface area contributed by atoms with Gasteiger partial charge in [-0.2, -0.15) is 0 Å². The summed E-state index contributed by atoms with van der Waals surface area (Å²) in [6, 6.07) is 0.534. The molecule has 1 atom stereocenters. The topological polar surface area (TPSA) is 38.5 Å². The Morgan fingerprint density at radius 2 is 1.82 bits per heavy atom. The molecule has 0 aromatic carbocycles. The molecule has 2 fully saturated rings. The summed E-state index contributed by atoms with van der Waals surface area (Å²) in [6.07, 6.45) is 9.46. The Morgan fingerprint density at radius 1 is 1.18 bits per heavy atom. The zero-order chi connectivity index (χ0) is 12.1. The summed E-state index contributed by atoms with van der Waals surface area (Å²) in [4.78, 5) is 2.65. The highest BCUT2D eigenvalue weighted by Crippen LogP contribution is 2.33. The quantitative estimate of drug-likeness (QED) is 0.804. The van der Waals surface area contributed by atoms with Crippen molar-refractivity contribution in [3.63, 3.8) is 0 Å². The van der Waals surface area contributed by atoms with Crippen LogP contribution in [0.3, 0.4) is 0 Å². The van der Waals surface area contributed by atoms with E-state index in [1.54, 1.807) is 0 Å². The van der Waals surface area contributed by atoms with Gasteiger partial charge in [0, 0.05) is 24.7 Å². The maximum absolute atomic E-state index is 6.17. The van der Waals surface area contributed by atoms with Crippen molar-refractivity contribution in [2.24, 2.45) is 5.73 Å². The van der Waals surface area contributed by atoms with E-state index in [4.69, 9.17) is 10.5 Å². The highest BCUT2D eigenvalue weighted by molar-refractivity contribution is 4.95. The van der Waals surface area contributed by atoms with Crippen LogP contribution in [0.15, 0.2) is 0 Å². The molecular weight excluding hydrogens is 212 g/mol. The standard InChI is InChI=1S/C14H28N2O/c1-13-11-17-10-9-16(13)14(12-15)7-5-3-2-4-6-8-14/h13H,2-12,15H2,1H3. The highest BCUT2D eigenvalue weighted by atomic mass is 16.5. The first-order valence-corrected chi connectivity index (χ1v) is 7.33. The molecule has 0 aromatic rings. The van der Waals surface area contributed by atoms with Gasteiger partial charge in [0.1, 0.15) is 0 Å². The molecule has 1 unspecified atom stereocenters. The number of rotatable bonds is 2. The van der Waals surface area contributed by atoms with Gasteiger partial charge in [-0.3, -0.25) is 4.90 Å². The van der Waals surface area contributed by atoms with Gasteiger partial charge in [-0.15, -0.1) is 0 Å². The molecule has 2 rings (SSSR count). The minimum absolute atomic E-state index is 0.267. The van der Waals surface area contributed by atoms with E-state index in [0.29, 0.717) is 6.04 Å². The lowest BCUT2D eigenvalue weighted by atomic mass is 9.81. The molecular formula is C14H28N2O. The molecule has 0 aromatic heterocycles. The number of ether oxygens (including phenoxy) is 1. The number of hydrogen-bond acceptors (Lipinski definition) is 3. The summed E-state index contributed by atoms with van der Waals surface area (Å²) in [7, 11) is 0.